The highest BCUT2D eigenvalue weighted by molar-refractivity contribution is 6.02. The van der Waals surface area contributed by atoms with Gasteiger partial charge < -0.3 is 20.5 Å². The Bertz CT molecular complexity index is 594. The van der Waals surface area contributed by atoms with Crippen LogP contribution in [0.1, 0.15) is 32.8 Å². The van der Waals surface area contributed by atoms with E-state index in [-0.39, 0.29) is 18.0 Å². The fraction of sp³-hybridized carbons (Fsp3) is 0.353. The molecule has 0 unspecified atom stereocenters. The summed E-state index contributed by atoms with van der Waals surface area (Å²) in [4.78, 5) is 34.7. The van der Waals surface area contributed by atoms with Crippen molar-refractivity contribution in [2.75, 3.05) is 0 Å². The normalized spacial score (nSPS) is 12.6. The average molecular weight is 317 g/mol. The standard InChI is InChI=1S/C17H22N2O4/c1-11(2)9-15(17(22)23)19-16(21)14(18-12(3)20)10-13-7-5-4-6-8-13/h4-8,10-11,15H,9H2,1-3H3,(H,18,20)(H,19,21)(H,22,23)/p-1/b14-10-/t15-/m0/s1. The second-order valence-corrected chi connectivity index (χ2v) is 5.62. The Hall–Kier alpha value is -2.63. The third kappa shape index (κ3) is 6.78. The largest absolute Gasteiger partial charge is 0.548 e. The summed E-state index contributed by atoms with van der Waals surface area (Å²) in [5.41, 5.74) is 0.693. The molecule has 6 nitrogen and oxygen atoms in total. The molecule has 0 aliphatic rings. The molecule has 2 N–H and O–H groups in total. The Kier molecular flexibility index (Phi) is 6.99. The maximum absolute atomic E-state index is 12.3. The van der Waals surface area contributed by atoms with Crippen molar-refractivity contribution in [1.29, 1.82) is 0 Å². The van der Waals surface area contributed by atoms with Gasteiger partial charge in [-0.25, -0.2) is 0 Å². The van der Waals surface area contributed by atoms with Gasteiger partial charge in [-0.3, -0.25) is 9.59 Å². The second kappa shape index (κ2) is 8.73. The van der Waals surface area contributed by atoms with Crippen molar-refractivity contribution in [3.05, 3.63) is 41.6 Å². The summed E-state index contributed by atoms with van der Waals surface area (Å²) < 4.78 is 0. The van der Waals surface area contributed by atoms with Crippen molar-refractivity contribution < 1.29 is 19.5 Å². The fourth-order valence-electron chi connectivity index (χ4n) is 1.99. The van der Waals surface area contributed by atoms with E-state index in [1.54, 1.807) is 24.3 Å². The van der Waals surface area contributed by atoms with Crippen LogP contribution in [-0.4, -0.2) is 23.8 Å². The third-order valence-electron chi connectivity index (χ3n) is 2.96. The molecule has 0 saturated heterocycles. The monoisotopic (exact) mass is 317 g/mol. The highest BCUT2D eigenvalue weighted by Crippen LogP contribution is 2.08. The second-order valence-electron chi connectivity index (χ2n) is 5.62. The number of carbonyl (C=O) groups is 3. The highest BCUT2D eigenvalue weighted by Gasteiger charge is 2.18. The molecule has 0 aromatic heterocycles. The van der Waals surface area contributed by atoms with E-state index in [1.807, 2.05) is 19.9 Å². The van der Waals surface area contributed by atoms with Gasteiger partial charge in [0.25, 0.3) is 5.91 Å². The van der Waals surface area contributed by atoms with Crippen molar-refractivity contribution >= 4 is 23.9 Å². The number of benzene rings is 1. The van der Waals surface area contributed by atoms with Crippen LogP contribution in [0.5, 0.6) is 0 Å². The van der Waals surface area contributed by atoms with Crippen molar-refractivity contribution in [1.82, 2.24) is 10.6 Å². The fourth-order valence-corrected chi connectivity index (χ4v) is 1.99. The first-order chi connectivity index (χ1) is 10.8. The maximum Gasteiger partial charge on any atom is 0.268 e. The number of hydrogen-bond donors (Lipinski definition) is 2. The molecular formula is C17H21N2O4-. The van der Waals surface area contributed by atoms with Gasteiger partial charge in [-0.15, -0.1) is 0 Å². The Labute approximate surface area is 135 Å². The summed E-state index contributed by atoms with van der Waals surface area (Å²) in [5, 5.41) is 16.0. The van der Waals surface area contributed by atoms with E-state index in [2.05, 4.69) is 10.6 Å². The molecule has 2 amide bonds. The topological polar surface area (TPSA) is 98.3 Å². The van der Waals surface area contributed by atoms with Crippen LogP contribution in [0.4, 0.5) is 0 Å². The number of nitrogens with one attached hydrogen (secondary N) is 2. The summed E-state index contributed by atoms with van der Waals surface area (Å²) in [6, 6.07) is 7.81. The molecule has 1 aromatic rings. The summed E-state index contributed by atoms with van der Waals surface area (Å²) in [6.07, 6.45) is 1.73. The van der Waals surface area contributed by atoms with Crippen LogP contribution in [-0.2, 0) is 14.4 Å². The number of carboxylic acids is 1. The van der Waals surface area contributed by atoms with Crippen LogP contribution in [0.2, 0.25) is 0 Å². The molecule has 0 spiro atoms. The van der Waals surface area contributed by atoms with Gasteiger partial charge in [-0.2, -0.15) is 0 Å². The van der Waals surface area contributed by atoms with E-state index in [4.69, 9.17) is 0 Å². The number of aliphatic carboxylic acids is 1. The molecular weight excluding hydrogens is 296 g/mol. The summed E-state index contributed by atoms with van der Waals surface area (Å²) in [6.45, 7) is 4.96. The molecule has 0 saturated carbocycles. The Balaban J connectivity index is 2.97. The SMILES string of the molecule is CC(=O)N/C(=C\c1ccccc1)C(=O)N[C@@H](CC(C)C)C(=O)[O-]. The molecule has 0 aliphatic carbocycles. The Morgan fingerprint density at radius 3 is 2.26 bits per heavy atom. The lowest BCUT2D eigenvalue weighted by molar-refractivity contribution is -0.308. The first-order valence-corrected chi connectivity index (χ1v) is 7.35. The first kappa shape index (κ1) is 18.4. The van der Waals surface area contributed by atoms with Crippen LogP contribution < -0.4 is 15.7 Å². The van der Waals surface area contributed by atoms with E-state index < -0.39 is 23.8 Å². The highest BCUT2D eigenvalue weighted by atomic mass is 16.4. The molecule has 23 heavy (non-hydrogen) atoms. The molecule has 0 bridgehead atoms. The Morgan fingerprint density at radius 2 is 1.78 bits per heavy atom. The smallest absolute Gasteiger partial charge is 0.268 e. The van der Waals surface area contributed by atoms with Gasteiger partial charge in [0.05, 0.1) is 12.0 Å². The zero-order chi connectivity index (χ0) is 17.4. The lowest BCUT2D eigenvalue weighted by atomic mass is 10.0. The lowest BCUT2D eigenvalue weighted by Crippen LogP contribution is -2.50. The van der Waals surface area contributed by atoms with Crippen molar-refractivity contribution in [3.8, 4) is 0 Å². The van der Waals surface area contributed by atoms with E-state index in [0.29, 0.717) is 5.56 Å². The molecule has 0 radical (unpaired) electrons. The van der Waals surface area contributed by atoms with Crippen LogP contribution in [0.25, 0.3) is 6.08 Å². The van der Waals surface area contributed by atoms with Gasteiger partial charge in [0.1, 0.15) is 5.70 Å². The van der Waals surface area contributed by atoms with Crippen molar-refractivity contribution in [2.24, 2.45) is 5.92 Å². The van der Waals surface area contributed by atoms with Crippen LogP contribution in [0.15, 0.2) is 36.0 Å². The minimum absolute atomic E-state index is 0.0151. The maximum atomic E-state index is 12.3. The average Bonchev–Trinajstić information content (AvgIpc) is 2.45. The number of rotatable bonds is 7. The van der Waals surface area contributed by atoms with Gasteiger partial charge >= 0.3 is 0 Å². The molecule has 1 aromatic carbocycles. The predicted octanol–water partition coefficient (Wildman–Crippen LogP) is 0.444. The molecule has 1 atom stereocenters. The predicted molar refractivity (Wildman–Crippen MR) is 84.6 cm³/mol. The summed E-state index contributed by atoms with van der Waals surface area (Å²) in [7, 11) is 0. The molecule has 0 heterocycles. The molecule has 1 rings (SSSR count). The zero-order valence-electron chi connectivity index (χ0n) is 13.5. The van der Waals surface area contributed by atoms with Gasteiger partial charge in [-0.05, 0) is 24.0 Å². The molecule has 6 heteroatoms. The van der Waals surface area contributed by atoms with Gasteiger partial charge in [0.2, 0.25) is 5.91 Å². The summed E-state index contributed by atoms with van der Waals surface area (Å²) in [5.74, 6) is -2.37. The third-order valence-corrected chi connectivity index (χ3v) is 2.96. The minimum atomic E-state index is -1.35. The van der Waals surface area contributed by atoms with Gasteiger partial charge in [0, 0.05) is 6.92 Å². The Morgan fingerprint density at radius 1 is 1.17 bits per heavy atom. The van der Waals surface area contributed by atoms with Gasteiger partial charge in [-0.1, -0.05) is 44.2 Å². The lowest BCUT2D eigenvalue weighted by Gasteiger charge is -2.22. The van der Waals surface area contributed by atoms with Gasteiger partial charge in [0.15, 0.2) is 0 Å². The van der Waals surface area contributed by atoms with Crippen molar-refractivity contribution in [3.63, 3.8) is 0 Å². The van der Waals surface area contributed by atoms with E-state index in [1.165, 1.54) is 13.0 Å². The quantitative estimate of drug-likeness (QED) is 0.713. The molecule has 124 valence electrons. The van der Waals surface area contributed by atoms with E-state index in [9.17, 15) is 19.5 Å². The van der Waals surface area contributed by atoms with Crippen LogP contribution >= 0.6 is 0 Å². The minimum Gasteiger partial charge on any atom is -0.548 e. The van der Waals surface area contributed by atoms with E-state index >= 15 is 0 Å². The number of hydrogen-bond acceptors (Lipinski definition) is 4. The van der Waals surface area contributed by atoms with E-state index in [0.717, 1.165) is 0 Å². The van der Waals surface area contributed by atoms with Crippen LogP contribution in [0.3, 0.4) is 0 Å². The van der Waals surface area contributed by atoms with Crippen molar-refractivity contribution in [2.45, 2.75) is 33.2 Å². The number of amides is 2. The molecule has 0 aliphatic heterocycles. The number of carboxylic acid groups (broad SMARTS) is 1. The summed E-state index contributed by atoms with van der Waals surface area (Å²) >= 11 is 0. The molecule has 0 fully saturated rings. The first-order valence-electron chi connectivity index (χ1n) is 7.35. The van der Waals surface area contributed by atoms with Crippen LogP contribution in [0, 0.1) is 5.92 Å². The number of carbonyl (C=O) groups excluding carboxylic acids is 3. The zero-order valence-corrected chi connectivity index (χ0v) is 13.5.